The van der Waals surface area contributed by atoms with Crippen molar-refractivity contribution in [2.75, 3.05) is 0 Å². The molecule has 1 aliphatic rings. The Balaban J connectivity index is 2.89. The molecule has 0 fully saturated rings. The predicted octanol–water partition coefficient (Wildman–Crippen LogP) is 2.12. The average Bonchev–Trinajstić information content (AvgIpc) is 1.73. The second-order valence-corrected chi connectivity index (χ2v) is 4.88. The molecule has 1 aliphatic heterocycles. The predicted molar refractivity (Wildman–Crippen MR) is 47.8 cm³/mol. The number of nitrogens with zero attached hydrogens (tertiary/aromatic N) is 1. The summed E-state index contributed by atoms with van der Waals surface area (Å²) in [7, 11) is 0. The van der Waals surface area contributed by atoms with Crippen molar-refractivity contribution < 1.29 is 3.98 Å². The Morgan fingerprint density at radius 2 is 1.80 bits per heavy atom. The zero-order chi connectivity index (χ0) is 7.99. The van der Waals surface area contributed by atoms with Gasteiger partial charge in [-0.15, -0.1) is 0 Å². The lowest BCUT2D eigenvalue weighted by molar-refractivity contribution is -0.425. The maximum absolute atomic E-state index is 4.36. The lowest BCUT2D eigenvalue weighted by atomic mass is 9.85. The van der Waals surface area contributed by atoms with Gasteiger partial charge in [0.2, 0.25) is 0 Å². The van der Waals surface area contributed by atoms with Crippen LogP contribution in [-0.2, 0) is 0 Å². The molecule has 1 rings (SSSR count). The molecule has 1 heterocycles. The lowest BCUT2D eigenvalue weighted by Gasteiger charge is -2.15. The van der Waals surface area contributed by atoms with Crippen molar-refractivity contribution in [1.29, 1.82) is 0 Å². The minimum atomic E-state index is 0.229. The molecular weight excluding hydrogens is 142 g/mol. The number of hydrogen-bond donors (Lipinski definition) is 1. The van der Waals surface area contributed by atoms with Crippen molar-refractivity contribution in [3.63, 3.8) is 0 Å². The third-order valence-electron chi connectivity index (χ3n) is 1.98. The highest BCUT2D eigenvalue weighted by Gasteiger charge is 2.43. The summed E-state index contributed by atoms with van der Waals surface area (Å²) in [5.74, 6) is 0. The number of hydrogen-bond acceptors (Lipinski definition) is 1. The molecule has 0 aromatic heterocycles. The van der Waals surface area contributed by atoms with E-state index < -0.39 is 0 Å². The monoisotopic (exact) mass is 158 g/mol. The van der Waals surface area contributed by atoms with Crippen molar-refractivity contribution in [1.82, 2.24) is 0 Å². The molecule has 0 amide bonds. The van der Waals surface area contributed by atoms with Gasteiger partial charge in [-0.05, 0) is 0 Å². The molecule has 0 aliphatic carbocycles. The van der Waals surface area contributed by atoms with Crippen LogP contribution in [0.4, 0.5) is 0 Å². The Labute approximate surface area is 68.7 Å². The van der Waals surface area contributed by atoms with E-state index in [-0.39, 0.29) is 5.54 Å². The van der Waals surface area contributed by atoms with Gasteiger partial charge in [-0.2, -0.15) is 3.98 Å². The van der Waals surface area contributed by atoms with Crippen molar-refractivity contribution >= 4 is 19.0 Å². The van der Waals surface area contributed by atoms with Gasteiger partial charge in [-0.25, -0.2) is 0 Å². The molecule has 0 spiro atoms. The minimum Gasteiger partial charge on any atom is -0.167 e. The zero-order valence-electron chi connectivity index (χ0n) is 7.18. The van der Waals surface area contributed by atoms with Gasteiger partial charge in [-0.3, -0.25) is 0 Å². The molecule has 0 atom stereocenters. The quantitative estimate of drug-likeness (QED) is 0.406. The van der Waals surface area contributed by atoms with Crippen LogP contribution >= 0.6 is 12.8 Å². The van der Waals surface area contributed by atoms with Crippen LogP contribution in [0.5, 0.6) is 0 Å². The van der Waals surface area contributed by atoms with Crippen LogP contribution in [0.25, 0.3) is 0 Å². The van der Waals surface area contributed by atoms with Crippen LogP contribution in [0.15, 0.2) is 0 Å². The summed E-state index contributed by atoms with van der Waals surface area (Å²) in [5, 5.41) is 0. The summed E-state index contributed by atoms with van der Waals surface area (Å²) in [6.07, 6.45) is 3.37. The summed E-state index contributed by atoms with van der Waals surface area (Å²) in [6, 6.07) is 0. The summed E-state index contributed by atoms with van der Waals surface area (Å²) in [4.78, 5) is 0. The number of thiol groups is 1. The van der Waals surface area contributed by atoms with Gasteiger partial charge in [0.05, 0.1) is 0 Å². The Hall–Kier alpha value is 0.0200. The molecule has 0 bridgehead atoms. The number of rotatable bonds is 0. The van der Waals surface area contributed by atoms with E-state index in [4.69, 9.17) is 0 Å². The Kier molecular flexibility index (Phi) is 1.63. The molecule has 0 aromatic carbocycles. The standard InChI is InChI=1S/C8H16NS/c1-7(2)5-8(3,4)9(10)6-7/h6,10H,5H2,1-4H3/q+1. The largest absolute Gasteiger partial charge is 0.171 e. The maximum Gasteiger partial charge on any atom is 0.171 e. The van der Waals surface area contributed by atoms with E-state index in [1.54, 1.807) is 0 Å². The smallest absolute Gasteiger partial charge is 0.167 e. The van der Waals surface area contributed by atoms with Crippen LogP contribution in [-0.4, -0.2) is 15.7 Å². The first kappa shape index (κ1) is 8.12. The highest BCUT2D eigenvalue weighted by atomic mass is 32.1. The molecule has 0 saturated heterocycles. The van der Waals surface area contributed by atoms with Crippen LogP contribution < -0.4 is 0 Å². The fourth-order valence-corrected chi connectivity index (χ4v) is 2.13. The molecule has 0 N–H and O–H groups in total. The molecule has 10 heavy (non-hydrogen) atoms. The van der Waals surface area contributed by atoms with Crippen molar-refractivity contribution in [3.8, 4) is 0 Å². The Bertz CT molecular complexity index is 180. The second-order valence-electron chi connectivity index (χ2n) is 4.45. The fourth-order valence-electron chi connectivity index (χ4n) is 1.75. The normalized spacial score (nSPS) is 28.3. The molecule has 0 aromatic rings. The first-order chi connectivity index (χ1) is 4.33. The van der Waals surface area contributed by atoms with Gasteiger partial charge in [0, 0.05) is 25.7 Å². The second kappa shape index (κ2) is 2.00. The van der Waals surface area contributed by atoms with E-state index in [1.165, 1.54) is 6.42 Å². The van der Waals surface area contributed by atoms with Gasteiger partial charge >= 0.3 is 0 Å². The molecule has 58 valence electrons. The van der Waals surface area contributed by atoms with Crippen molar-refractivity contribution in [2.24, 2.45) is 5.41 Å². The van der Waals surface area contributed by atoms with Crippen LogP contribution in [0, 0.1) is 5.41 Å². The van der Waals surface area contributed by atoms with Crippen molar-refractivity contribution in [2.45, 2.75) is 39.7 Å². The van der Waals surface area contributed by atoms with E-state index in [0.29, 0.717) is 5.41 Å². The first-order valence-electron chi connectivity index (χ1n) is 3.68. The minimum absolute atomic E-state index is 0.229. The summed E-state index contributed by atoms with van der Waals surface area (Å²) in [6.45, 7) is 8.91. The maximum atomic E-state index is 4.36. The van der Waals surface area contributed by atoms with Gasteiger partial charge < -0.3 is 0 Å². The van der Waals surface area contributed by atoms with Gasteiger partial charge in [0.15, 0.2) is 11.8 Å². The van der Waals surface area contributed by atoms with Crippen LogP contribution in [0.3, 0.4) is 0 Å². The highest BCUT2D eigenvalue weighted by molar-refractivity contribution is 7.73. The summed E-state index contributed by atoms with van der Waals surface area (Å²) >= 11 is 4.36. The third kappa shape index (κ3) is 1.36. The van der Waals surface area contributed by atoms with Gasteiger partial charge in [-0.1, -0.05) is 13.8 Å². The van der Waals surface area contributed by atoms with Gasteiger partial charge in [0.25, 0.3) is 0 Å². The van der Waals surface area contributed by atoms with E-state index in [9.17, 15) is 0 Å². The van der Waals surface area contributed by atoms with Gasteiger partial charge in [0.1, 0.15) is 12.8 Å². The van der Waals surface area contributed by atoms with Crippen LogP contribution in [0.2, 0.25) is 0 Å². The third-order valence-corrected chi connectivity index (χ3v) is 2.64. The van der Waals surface area contributed by atoms with E-state index in [2.05, 4.69) is 46.7 Å². The summed E-state index contributed by atoms with van der Waals surface area (Å²) < 4.78 is 2.02. The molecule has 0 radical (unpaired) electrons. The molecule has 2 heteroatoms. The molecule has 0 saturated carbocycles. The molecule has 0 unspecified atom stereocenters. The SMILES string of the molecule is CC1(C)C=[N+](S)C(C)(C)C1. The van der Waals surface area contributed by atoms with E-state index in [1.807, 2.05) is 3.98 Å². The lowest BCUT2D eigenvalue weighted by Crippen LogP contribution is -2.26. The first-order valence-corrected chi connectivity index (χ1v) is 4.08. The fraction of sp³-hybridized carbons (Fsp3) is 0.875. The molecule has 1 nitrogen and oxygen atoms in total. The van der Waals surface area contributed by atoms with E-state index in [0.717, 1.165) is 0 Å². The van der Waals surface area contributed by atoms with Crippen molar-refractivity contribution in [3.05, 3.63) is 0 Å². The van der Waals surface area contributed by atoms with Crippen LogP contribution in [0.1, 0.15) is 34.1 Å². The molecular formula is C8H16NS+. The zero-order valence-corrected chi connectivity index (χ0v) is 8.07. The average molecular weight is 158 g/mol. The topological polar surface area (TPSA) is 3.01 Å². The Morgan fingerprint density at radius 3 is 1.90 bits per heavy atom. The summed E-state index contributed by atoms with van der Waals surface area (Å²) in [5.41, 5.74) is 0.553. The highest BCUT2D eigenvalue weighted by Crippen LogP contribution is 2.34. The Morgan fingerprint density at radius 1 is 1.30 bits per heavy atom. The van der Waals surface area contributed by atoms with E-state index >= 15 is 0 Å².